The van der Waals surface area contributed by atoms with Crippen molar-refractivity contribution >= 4 is 22.4 Å². The molecule has 1 saturated heterocycles. The molecule has 0 bridgehead atoms. The van der Waals surface area contributed by atoms with Crippen LogP contribution in [0.5, 0.6) is 0 Å². The van der Waals surface area contributed by atoms with Crippen LogP contribution in [0.15, 0.2) is 47.4 Å². The number of hydrogen-bond donors (Lipinski definition) is 2. The smallest absolute Gasteiger partial charge is 0.269 e. The van der Waals surface area contributed by atoms with E-state index in [0.717, 1.165) is 62.2 Å². The average molecular weight is 450 g/mol. The van der Waals surface area contributed by atoms with Crippen molar-refractivity contribution < 1.29 is 9.18 Å². The summed E-state index contributed by atoms with van der Waals surface area (Å²) in [6, 6.07) is 10.6. The Morgan fingerprint density at radius 2 is 1.94 bits per heavy atom. The summed E-state index contributed by atoms with van der Waals surface area (Å²) in [6.07, 6.45) is 4.94. The normalized spacial score (nSPS) is 21.5. The van der Waals surface area contributed by atoms with Gasteiger partial charge in [0, 0.05) is 56.3 Å². The third-order valence-corrected chi connectivity index (χ3v) is 7.08. The van der Waals surface area contributed by atoms with Gasteiger partial charge in [-0.05, 0) is 55.0 Å². The van der Waals surface area contributed by atoms with Crippen molar-refractivity contribution in [2.75, 3.05) is 38.1 Å². The Morgan fingerprint density at radius 3 is 2.67 bits per heavy atom. The van der Waals surface area contributed by atoms with Gasteiger partial charge in [-0.1, -0.05) is 6.07 Å². The standard InChI is InChI=1S/C25H28FN5O2/c1-27-25(33)22-7-6-20(15-28-22)31-10-8-30(9-11-31)19-5-3-17(12-19)23-13-16-2-4-18(26)14-21(16)24(32)29-23/h2,4,6-7,13-15,17,19H,3,5,8-12H2,1H3,(H,27,33)(H,29,32)/t17-,19-/m1/s1. The maximum Gasteiger partial charge on any atom is 0.269 e. The second-order valence-electron chi connectivity index (χ2n) is 8.95. The molecule has 2 atom stereocenters. The minimum Gasteiger partial charge on any atom is -0.368 e. The van der Waals surface area contributed by atoms with Crippen molar-refractivity contribution in [1.29, 1.82) is 0 Å². The molecule has 5 rings (SSSR count). The third-order valence-electron chi connectivity index (χ3n) is 7.08. The fourth-order valence-electron chi connectivity index (χ4n) is 5.23. The highest BCUT2D eigenvalue weighted by Gasteiger charge is 2.32. The summed E-state index contributed by atoms with van der Waals surface area (Å²) in [5.41, 5.74) is 2.21. The molecule has 33 heavy (non-hydrogen) atoms. The van der Waals surface area contributed by atoms with E-state index in [-0.39, 0.29) is 17.3 Å². The summed E-state index contributed by atoms with van der Waals surface area (Å²) in [4.78, 5) is 36.3. The van der Waals surface area contributed by atoms with Crippen LogP contribution in [-0.4, -0.2) is 60.0 Å². The third kappa shape index (κ3) is 4.35. The first-order valence-electron chi connectivity index (χ1n) is 11.5. The molecule has 1 aliphatic heterocycles. The first kappa shape index (κ1) is 21.6. The number of anilines is 1. The lowest BCUT2D eigenvalue weighted by Gasteiger charge is -2.39. The second kappa shape index (κ2) is 8.94. The Kier molecular flexibility index (Phi) is 5.85. The molecular weight excluding hydrogens is 421 g/mol. The summed E-state index contributed by atoms with van der Waals surface area (Å²) in [5.74, 6) is -0.252. The molecule has 8 heteroatoms. The molecule has 2 aromatic heterocycles. The number of fused-ring (bicyclic) bond motifs is 1. The van der Waals surface area contributed by atoms with Crippen LogP contribution < -0.4 is 15.8 Å². The van der Waals surface area contributed by atoms with Crippen LogP contribution in [0.4, 0.5) is 10.1 Å². The first-order chi connectivity index (χ1) is 16.0. The van der Waals surface area contributed by atoms with E-state index in [0.29, 0.717) is 23.0 Å². The van der Waals surface area contributed by atoms with Gasteiger partial charge in [-0.15, -0.1) is 0 Å². The van der Waals surface area contributed by atoms with Gasteiger partial charge in [0.05, 0.1) is 11.9 Å². The molecule has 0 unspecified atom stereocenters. The minimum absolute atomic E-state index is 0.179. The number of H-pyrrole nitrogens is 1. The highest BCUT2D eigenvalue weighted by molar-refractivity contribution is 5.92. The Labute approximate surface area is 191 Å². The van der Waals surface area contributed by atoms with Gasteiger partial charge in [0.2, 0.25) is 0 Å². The van der Waals surface area contributed by atoms with Crippen molar-refractivity contribution in [1.82, 2.24) is 20.2 Å². The molecule has 2 fully saturated rings. The van der Waals surface area contributed by atoms with E-state index >= 15 is 0 Å². The lowest BCUT2D eigenvalue weighted by atomic mass is 10.0. The van der Waals surface area contributed by atoms with Crippen molar-refractivity contribution in [3.05, 3.63) is 70.2 Å². The number of rotatable bonds is 4. The number of halogens is 1. The quantitative estimate of drug-likeness (QED) is 0.640. The molecule has 2 N–H and O–H groups in total. The molecule has 2 aliphatic rings. The molecule has 0 radical (unpaired) electrons. The zero-order valence-electron chi connectivity index (χ0n) is 18.7. The zero-order chi connectivity index (χ0) is 22.9. The molecule has 3 aromatic rings. The molecule has 1 saturated carbocycles. The molecule has 1 aliphatic carbocycles. The van der Waals surface area contributed by atoms with Gasteiger partial charge in [-0.25, -0.2) is 9.37 Å². The lowest BCUT2D eigenvalue weighted by Crippen LogP contribution is -2.49. The van der Waals surface area contributed by atoms with Gasteiger partial charge >= 0.3 is 0 Å². The largest absolute Gasteiger partial charge is 0.368 e. The molecule has 7 nitrogen and oxygen atoms in total. The van der Waals surface area contributed by atoms with Gasteiger partial charge in [-0.2, -0.15) is 0 Å². The first-order valence-corrected chi connectivity index (χ1v) is 11.5. The predicted molar refractivity (Wildman–Crippen MR) is 126 cm³/mol. The maximum absolute atomic E-state index is 13.5. The molecule has 172 valence electrons. The monoisotopic (exact) mass is 449 g/mol. The van der Waals surface area contributed by atoms with Crippen molar-refractivity contribution in [3.8, 4) is 0 Å². The van der Waals surface area contributed by atoms with Crippen molar-refractivity contribution in [2.45, 2.75) is 31.2 Å². The zero-order valence-corrected chi connectivity index (χ0v) is 18.7. The van der Waals surface area contributed by atoms with Crippen LogP contribution in [0.2, 0.25) is 0 Å². The van der Waals surface area contributed by atoms with Gasteiger partial charge in [-0.3, -0.25) is 14.5 Å². The van der Waals surface area contributed by atoms with E-state index in [9.17, 15) is 14.0 Å². The van der Waals surface area contributed by atoms with Gasteiger partial charge < -0.3 is 15.2 Å². The number of carbonyl (C=O) groups is 1. The number of hydrogen-bond acceptors (Lipinski definition) is 5. The number of pyridine rings is 2. The number of nitrogens with zero attached hydrogens (tertiary/aromatic N) is 3. The predicted octanol–water partition coefficient (Wildman–Crippen LogP) is 2.88. The Bertz CT molecular complexity index is 1220. The van der Waals surface area contributed by atoms with Crippen LogP contribution in [0.3, 0.4) is 0 Å². The highest BCUT2D eigenvalue weighted by Crippen LogP contribution is 2.37. The minimum atomic E-state index is -0.390. The SMILES string of the molecule is CNC(=O)c1ccc(N2CCN([C@@H]3CC[C@@H](c4cc5ccc(F)cc5c(=O)[nH]4)C3)CC2)cn1. The van der Waals surface area contributed by atoms with E-state index < -0.39 is 0 Å². The number of nitrogens with one attached hydrogen (secondary N) is 2. The maximum atomic E-state index is 13.5. The van der Waals surface area contributed by atoms with Crippen molar-refractivity contribution in [3.63, 3.8) is 0 Å². The number of piperazine rings is 1. The van der Waals surface area contributed by atoms with Gasteiger partial charge in [0.25, 0.3) is 11.5 Å². The van der Waals surface area contributed by atoms with E-state index in [1.807, 2.05) is 12.1 Å². The van der Waals surface area contributed by atoms with E-state index in [1.165, 1.54) is 12.1 Å². The molecule has 0 spiro atoms. The molecule has 1 aromatic carbocycles. The number of amides is 1. The highest BCUT2D eigenvalue weighted by atomic mass is 19.1. The summed E-state index contributed by atoms with van der Waals surface area (Å²) in [6.45, 7) is 3.78. The number of aromatic nitrogens is 2. The fraction of sp³-hybridized carbons (Fsp3) is 0.400. The molecule has 1 amide bonds. The molecular formula is C25H28FN5O2. The fourth-order valence-corrected chi connectivity index (χ4v) is 5.23. The second-order valence-corrected chi connectivity index (χ2v) is 8.95. The van der Waals surface area contributed by atoms with E-state index in [4.69, 9.17) is 0 Å². The molecule has 3 heterocycles. The Morgan fingerprint density at radius 1 is 1.12 bits per heavy atom. The number of carbonyl (C=O) groups excluding carboxylic acids is 1. The summed E-state index contributed by atoms with van der Waals surface area (Å²) >= 11 is 0. The van der Waals surface area contributed by atoms with Crippen LogP contribution in [0.1, 0.15) is 41.4 Å². The summed E-state index contributed by atoms with van der Waals surface area (Å²) < 4.78 is 13.5. The summed E-state index contributed by atoms with van der Waals surface area (Å²) in [7, 11) is 1.60. The van der Waals surface area contributed by atoms with Crippen LogP contribution >= 0.6 is 0 Å². The van der Waals surface area contributed by atoms with Crippen molar-refractivity contribution in [2.24, 2.45) is 0 Å². The summed E-state index contributed by atoms with van der Waals surface area (Å²) in [5, 5.41) is 3.79. The topological polar surface area (TPSA) is 81.3 Å². The lowest BCUT2D eigenvalue weighted by molar-refractivity contribution is 0.0958. The van der Waals surface area contributed by atoms with Crippen LogP contribution in [0, 0.1) is 5.82 Å². The average Bonchev–Trinajstić information content (AvgIpc) is 3.34. The number of aromatic amines is 1. The van der Waals surface area contributed by atoms with E-state index in [1.54, 1.807) is 25.4 Å². The Balaban J connectivity index is 1.21. The Hall–Kier alpha value is -3.26. The van der Waals surface area contributed by atoms with Gasteiger partial charge in [0.1, 0.15) is 11.5 Å². The van der Waals surface area contributed by atoms with Crippen LogP contribution in [0.25, 0.3) is 10.8 Å². The van der Waals surface area contributed by atoms with Crippen LogP contribution in [-0.2, 0) is 0 Å². The number of benzene rings is 1. The van der Waals surface area contributed by atoms with E-state index in [2.05, 4.69) is 25.1 Å². The van der Waals surface area contributed by atoms with Gasteiger partial charge in [0.15, 0.2) is 0 Å².